The van der Waals surface area contributed by atoms with Crippen molar-refractivity contribution in [1.82, 2.24) is 0 Å². The fraction of sp³-hybridized carbons (Fsp3) is 0.600. The molecule has 1 aromatic carbocycles. The summed E-state index contributed by atoms with van der Waals surface area (Å²) in [6, 6.07) is 5.80. The molecule has 0 aliphatic heterocycles. The van der Waals surface area contributed by atoms with Crippen molar-refractivity contribution in [3.05, 3.63) is 29.3 Å². The number of aromatic hydroxyl groups is 1. The molecule has 0 radical (unpaired) electrons. The summed E-state index contributed by atoms with van der Waals surface area (Å²) in [7, 11) is 0. The van der Waals surface area contributed by atoms with Gasteiger partial charge >= 0.3 is 0 Å². The molecule has 3 rings (SSSR count). The highest BCUT2D eigenvalue weighted by Crippen LogP contribution is 2.49. The molecule has 2 aliphatic rings. The van der Waals surface area contributed by atoms with Gasteiger partial charge in [0.1, 0.15) is 5.75 Å². The second kappa shape index (κ2) is 4.02. The topological polar surface area (TPSA) is 40.5 Å². The first-order valence-corrected chi connectivity index (χ1v) is 6.73. The molecule has 1 saturated carbocycles. The predicted octanol–water partition coefficient (Wildman–Crippen LogP) is 2.90. The third-order valence-corrected chi connectivity index (χ3v) is 4.74. The first-order chi connectivity index (χ1) is 8.24. The number of benzene rings is 1. The third-order valence-electron chi connectivity index (χ3n) is 4.74. The molecule has 0 aromatic heterocycles. The molecule has 1 atom stereocenters. The lowest BCUT2D eigenvalue weighted by molar-refractivity contribution is 0.0386. The van der Waals surface area contributed by atoms with Crippen LogP contribution in [0.25, 0.3) is 0 Å². The Morgan fingerprint density at radius 3 is 2.65 bits per heavy atom. The summed E-state index contributed by atoms with van der Waals surface area (Å²) >= 11 is 0. The van der Waals surface area contributed by atoms with Gasteiger partial charge in [0.15, 0.2) is 0 Å². The number of rotatable bonds is 0. The zero-order valence-electron chi connectivity index (χ0n) is 10.2. The van der Waals surface area contributed by atoms with Gasteiger partial charge in [-0.15, -0.1) is 0 Å². The van der Waals surface area contributed by atoms with Gasteiger partial charge in [0, 0.05) is 5.41 Å². The Morgan fingerprint density at radius 2 is 1.88 bits per heavy atom. The molecule has 0 bridgehead atoms. The van der Waals surface area contributed by atoms with Crippen molar-refractivity contribution < 1.29 is 10.2 Å². The lowest BCUT2D eigenvalue weighted by Gasteiger charge is -2.45. The van der Waals surface area contributed by atoms with Gasteiger partial charge in [0.2, 0.25) is 0 Å². The lowest BCUT2D eigenvalue weighted by atomic mass is 9.61. The van der Waals surface area contributed by atoms with Crippen LogP contribution in [0.2, 0.25) is 0 Å². The van der Waals surface area contributed by atoms with Crippen LogP contribution in [0.3, 0.4) is 0 Å². The van der Waals surface area contributed by atoms with Crippen LogP contribution in [0.15, 0.2) is 18.2 Å². The first kappa shape index (κ1) is 11.1. The highest BCUT2D eigenvalue weighted by molar-refractivity contribution is 5.46. The average Bonchev–Trinajstić information content (AvgIpc) is 2.36. The molecule has 92 valence electrons. The Hall–Kier alpha value is -1.02. The van der Waals surface area contributed by atoms with E-state index in [-0.39, 0.29) is 11.5 Å². The second-order valence-corrected chi connectivity index (χ2v) is 5.57. The fourth-order valence-electron chi connectivity index (χ4n) is 3.83. The SMILES string of the molecule is Oc1cccc2c1CCC(O)C21CCCCC1. The third kappa shape index (κ3) is 1.58. The normalized spacial score (nSPS) is 26.8. The van der Waals surface area contributed by atoms with Gasteiger partial charge in [-0.25, -0.2) is 0 Å². The Balaban J connectivity index is 2.12. The minimum absolute atomic E-state index is 0.0649. The van der Waals surface area contributed by atoms with Gasteiger partial charge in [0.05, 0.1) is 6.10 Å². The van der Waals surface area contributed by atoms with E-state index in [2.05, 4.69) is 6.07 Å². The van der Waals surface area contributed by atoms with Crippen LogP contribution < -0.4 is 0 Å². The van der Waals surface area contributed by atoms with Crippen LogP contribution in [-0.2, 0) is 11.8 Å². The van der Waals surface area contributed by atoms with E-state index in [0.29, 0.717) is 5.75 Å². The maximum atomic E-state index is 10.4. The van der Waals surface area contributed by atoms with Gasteiger partial charge < -0.3 is 10.2 Å². The average molecular weight is 232 g/mol. The van der Waals surface area contributed by atoms with E-state index in [1.165, 1.54) is 24.8 Å². The molecule has 17 heavy (non-hydrogen) atoms. The van der Waals surface area contributed by atoms with Crippen LogP contribution in [0.4, 0.5) is 0 Å². The second-order valence-electron chi connectivity index (χ2n) is 5.57. The van der Waals surface area contributed by atoms with E-state index < -0.39 is 0 Å². The molecule has 2 nitrogen and oxygen atoms in total. The number of hydrogen-bond donors (Lipinski definition) is 2. The van der Waals surface area contributed by atoms with Crippen molar-refractivity contribution in [2.75, 3.05) is 0 Å². The zero-order valence-corrected chi connectivity index (χ0v) is 10.2. The molecule has 1 aromatic rings. The Bertz CT molecular complexity index is 419. The number of phenols is 1. The smallest absolute Gasteiger partial charge is 0.119 e. The molecule has 0 amide bonds. The number of aliphatic hydroxyl groups is 1. The minimum Gasteiger partial charge on any atom is -0.508 e. The Kier molecular flexibility index (Phi) is 2.62. The van der Waals surface area contributed by atoms with Crippen LogP contribution in [0.5, 0.6) is 5.75 Å². The van der Waals surface area contributed by atoms with E-state index in [9.17, 15) is 10.2 Å². The number of phenolic OH excluding ortho intramolecular Hbond substituents is 1. The molecule has 1 fully saturated rings. The summed E-state index contributed by atoms with van der Waals surface area (Å²) in [5.74, 6) is 0.416. The van der Waals surface area contributed by atoms with Crippen molar-refractivity contribution in [2.24, 2.45) is 0 Å². The van der Waals surface area contributed by atoms with Gasteiger partial charge in [-0.2, -0.15) is 0 Å². The largest absolute Gasteiger partial charge is 0.508 e. The number of aliphatic hydroxyl groups excluding tert-OH is 1. The zero-order chi connectivity index (χ0) is 11.9. The molecule has 0 heterocycles. The summed E-state index contributed by atoms with van der Waals surface area (Å²) in [5.41, 5.74) is 2.24. The summed E-state index contributed by atoms with van der Waals surface area (Å²) in [6.45, 7) is 0. The number of fused-ring (bicyclic) bond motifs is 2. The molecule has 2 aliphatic carbocycles. The van der Waals surface area contributed by atoms with Gasteiger partial charge in [-0.3, -0.25) is 0 Å². The molecule has 0 saturated heterocycles. The lowest BCUT2D eigenvalue weighted by Crippen LogP contribution is -2.45. The van der Waals surface area contributed by atoms with Gasteiger partial charge in [-0.05, 0) is 42.9 Å². The summed E-state index contributed by atoms with van der Waals surface area (Å²) in [6.07, 6.45) is 7.21. The van der Waals surface area contributed by atoms with Crippen LogP contribution >= 0.6 is 0 Å². The van der Waals surface area contributed by atoms with E-state index in [4.69, 9.17) is 0 Å². The van der Waals surface area contributed by atoms with E-state index in [0.717, 1.165) is 31.2 Å². The molecule has 1 spiro atoms. The van der Waals surface area contributed by atoms with Crippen LogP contribution in [-0.4, -0.2) is 16.3 Å². The maximum Gasteiger partial charge on any atom is 0.119 e. The first-order valence-electron chi connectivity index (χ1n) is 6.73. The van der Waals surface area contributed by atoms with E-state index in [1.807, 2.05) is 6.07 Å². The predicted molar refractivity (Wildman–Crippen MR) is 67.2 cm³/mol. The van der Waals surface area contributed by atoms with Crippen molar-refractivity contribution in [1.29, 1.82) is 0 Å². The summed E-state index contributed by atoms with van der Waals surface area (Å²) in [5, 5.41) is 20.4. The Morgan fingerprint density at radius 1 is 1.12 bits per heavy atom. The molecule has 2 heteroatoms. The van der Waals surface area contributed by atoms with Crippen molar-refractivity contribution >= 4 is 0 Å². The fourth-order valence-corrected chi connectivity index (χ4v) is 3.83. The summed E-state index contributed by atoms with van der Waals surface area (Å²) in [4.78, 5) is 0. The van der Waals surface area contributed by atoms with Gasteiger partial charge in [-0.1, -0.05) is 31.4 Å². The minimum atomic E-state index is -0.225. The molecule has 2 N–H and O–H groups in total. The van der Waals surface area contributed by atoms with E-state index >= 15 is 0 Å². The van der Waals surface area contributed by atoms with Crippen molar-refractivity contribution in [2.45, 2.75) is 56.5 Å². The molecular weight excluding hydrogens is 212 g/mol. The standard InChI is InChI=1S/C15H20O2/c16-13-6-4-5-12-11(13)7-8-14(17)15(12)9-2-1-3-10-15/h4-6,14,16-17H,1-3,7-10H2. The van der Waals surface area contributed by atoms with Gasteiger partial charge in [0.25, 0.3) is 0 Å². The molecular formula is C15H20O2. The van der Waals surface area contributed by atoms with Crippen LogP contribution in [0.1, 0.15) is 49.7 Å². The molecule has 1 unspecified atom stereocenters. The van der Waals surface area contributed by atoms with E-state index in [1.54, 1.807) is 6.07 Å². The maximum absolute atomic E-state index is 10.4. The quantitative estimate of drug-likeness (QED) is 0.722. The summed E-state index contributed by atoms with van der Waals surface area (Å²) < 4.78 is 0. The van der Waals surface area contributed by atoms with Crippen LogP contribution in [0, 0.1) is 0 Å². The number of hydrogen-bond acceptors (Lipinski definition) is 2. The van der Waals surface area contributed by atoms with Crippen molar-refractivity contribution in [3.63, 3.8) is 0 Å². The van der Waals surface area contributed by atoms with Crippen molar-refractivity contribution in [3.8, 4) is 5.75 Å². The highest BCUT2D eigenvalue weighted by Gasteiger charge is 2.44. The highest BCUT2D eigenvalue weighted by atomic mass is 16.3. The monoisotopic (exact) mass is 232 g/mol. The Labute approximate surface area is 102 Å².